The minimum Gasteiger partial charge on any atom is -0.339 e. The Hall–Kier alpha value is -2.32. The molecular weight excluding hydrogens is 325 g/mol. The predicted octanol–water partition coefficient (Wildman–Crippen LogP) is 1.31. The molecule has 1 aromatic carbocycles. The van der Waals surface area contributed by atoms with E-state index in [1.165, 1.54) is 11.0 Å². The van der Waals surface area contributed by atoms with Crippen LogP contribution in [0.2, 0.25) is 0 Å². The lowest BCUT2D eigenvalue weighted by Crippen LogP contribution is -2.44. The lowest BCUT2D eigenvalue weighted by molar-refractivity contribution is -0.117. The van der Waals surface area contributed by atoms with Crippen molar-refractivity contribution in [3.63, 3.8) is 0 Å². The van der Waals surface area contributed by atoms with Gasteiger partial charge in [-0.25, -0.2) is 4.39 Å². The molecule has 7 nitrogen and oxygen atoms in total. The van der Waals surface area contributed by atoms with E-state index in [0.29, 0.717) is 23.9 Å². The largest absolute Gasteiger partial charge is 0.339 e. The van der Waals surface area contributed by atoms with Crippen LogP contribution in [0.4, 0.5) is 10.1 Å². The van der Waals surface area contributed by atoms with Crippen molar-refractivity contribution in [3.05, 3.63) is 41.8 Å². The molecule has 2 saturated heterocycles. The number of carbonyl (C=O) groups is 1. The molecule has 132 valence electrons. The third-order valence-corrected chi connectivity index (χ3v) is 4.88. The van der Waals surface area contributed by atoms with Crippen molar-refractivity contribution in [1.29, 1.82) is 0 Å². The first-order valence-corrected chi connectivity index (χ1v) is 8.43. The van der Waals surface area contributed by atoms with Gasteiger partial charge in [-0.15, -0.1) is 0 Å². The Kier molecular flexibility index (Phi) is 4.22. The molecule has 0 aliphatic carbocycles. The fraction of sp³-hybridized carbons (Fsp3) is 0.471. The van der Waals surface area contributed by atoms with Gasteiger partial charge in [0.2, 0.25) is 11.8 Å². The van der Waals surface area contributed by atoms with Crippen molar-refractivity contribution >= 4 is 11.6 Å². The molecule has 2 unspecified atom stereocenters. The molecule has 0 spiro atoms. The van der Waals surface area contributed by atoms with Gasteiger partial charge >= 0.3 is 0 Å². The maximum Gasteiger partial charge on any atom is 0.232 e. The number of likely N-dealkylation sites (N-methyl/N-ethyl adjacent to an activating group) is 1. The highest BCUT2D eigenvalue weighted by atomic mass is 19.1. The summed E-state index contributed by atoms with van der Waals surface area (Å²) in [5.74, 6) is 0.321. The third-order valence-electron chi connectivity index (χ3n) is 4.88. The minimum atomic E-state index is -0.405. The van der Waals surface area contributed by atoms with Crippen LogP contribution >= 0.6 is 0 Å². The number of amides is 1. The summed E-state index contributed by atoms with van der Waals surface area (Å²) in [4.78, 5) is 20.5. The molecule has 2 atom stereocenters. The molecule has 1 amide bonds. The van der Waals surface area contributed by atoms with Crippen LogP contribution in [0.25, 0.3) is 0 Å². The number of hydrogen-bond donors (Lipinski definition) is 1. The topological polar surface area (TPSA) is 74.5 Å². The zero-order chi connectivity index (χ0) is 17.4. The number of carbonyl (C=O) groups excluding carboxylic acids is 1. The van der Waals surface area contributed by atoms with E-state index in [9.17, 15) is 9.18 Å². The molecule has 0 radical (unpaired) electrons. The Labute approximate surface area is 144 Å². The van der Waals surface area contributed by atoms with E-state index in [1.54, 1.807) is 18.2 Å². The summed E-state index contributed by atoms with van der Waals surface area (Å²) in [6, 6.07) is 6.35. The second-order valence-electron chi connectivity index (χ2n) is 6.55. The Morgan fingerprint density at radius 2 is 2.20 bits per heavy atom. The van der Waals surface area contributed by atoms with E-state index in [1.807, 2.05) is 7.05 Å². The van der Waals surface area contributed by atoms with Gasteiger partial charge in [-0.05, 0) is 19.2 Å². The van der Waals surface area contributed by atoms with Gasteiger partial charge in [-0.2, -0.15) is 4.98 Å². The van der Waals surface area contributed by atoms with Crippen molar-refractivity contribution in [1.82, 2.24) is 20.4 Å². The van der Waals surface area contributed by atoms with Crippen LogP contribution in [0.1, 0.15) is 30.1 Å². The SMILES string of the molecule is CN1CCNCC1c1noc(C2CC(=O)N(c3ccccc3F)C2)n1. The first-order chi connectivity index (χ1) is 12.1. The molecule has 2 aliphatic rings. The Bertz CT molecular complexity index is 780. The van der Waals surface area contributed by atoms with Crippen molar-refractivity contribution in [2.45, 2.75) is 18.4 Å². The van der Waals surface area contributed by atoms with Crippen LogP contribution < -0.4 is 10.2 Å². The third kappa shape index (κ3) is 3.03. The van der Waals surface area contributed by atoms with E-state index in [2.05, 4.69) is 20.4 Å². The summed E-state index contributed by atoms with van der Waals surface area (Å²) in [6.45, 7) is 2.96. The number of anilines is 1. The normalized spacial score (nSPS) is 24.9. The number of nitrogens with one attached hydrogen (secondary N) is 1. The first kappa shape index (κ1) is 16.2. The lowest BCUT2D eigenvalue weighted by Gasteiger charge is -2.30. The van der Waals surface area contributed by atoms with E-state index >= 15 is 0 Å². The molecule has 0 bridgehead atoms. The highest BCUT2D eigenvalue weighted by Crippen LogP contribution is 2.32. The summed E-state index contributed by atoms with van der Waals surface area (Å²) < 4.78 is 19.4. The van der Waals surface area contributed by atoms with Crippen LogP contribution in [0, 0.1) is 5.82 Å². The summed E-state index contributed by atoms with van der Waals surface area (Å²) in [5, 5.41) is 7.42. The van der Waals surface area contributed by atoms with Crippen LogP contribution in [-0.4, -0.2) is 54.2 Å². The van der Waals surface area contributed by atoms with Crippen molar-refractivity contribution in [2.75, 3.05) is 38.1 Å². The maximum atomic E-state index is 14.0. The summed E-state index contributed by atoms with van der Waals surface area (Å²) >= 11 is 0. The Morgan fingerprint density at radius 3 is 3.00 bits per heavy atom. The van der Waals surface area contributed by atoms with Crippen LogP contribution in [-0.2, 0) is 4.79 Å². The van der Waals surface area contributed by atoms with Gasteiger partial charge in [0, 0.05) is 32.6 Å². The zero-order valence-corrected chi connectivity index (χ0v) is 14.0. The molecule has 2 aliphatic heterocycles. The fourth-order valence-corrected chi connectivity index (χ4v) is 3.42. The Balaban J connectivity index is 1.52. The molecule has 2 aromatic rings. The molecule has 1 aromatic heterocycles. The molecule has 0 saturated carbocycles. The van der Waals surface area contributed by atoms with E-state index in [-0.39, 0.29) is 24.3 Å². The molecule has 8 heteroatoms. The number of piperazine rings is 1. The maximum absolute atomic E-state index is 14.0. The van der Waals surface area contributed by atoms with Gasteiger partial charge in [0.15, 0.2) is 5.82 Å². The van der Waals surface area contributed by atoms with Crippen molar-refractivity contribution in [3.8, 4) is 0 Å². The number of nitrogens with zero attached hydrogens (tertiary/aromatic N) is 4. The molecule has 2 fully saturated rings. The number of benzene rings is 1. The van der Waals surface area contributed by atoms with Crippen LogP contribution in [0.15, 0.2) is 28.8 Å². The van der Waals surface area contributed by atoms with Gasteiger partial charge in [-0.1, -0.05) is 17.3 Å². The monoisotopic (exact) mass is 345 g/mol. The smallest absolute Gasteiger partial charge is 0.232 e. The lowest BCUT2D eigenvalue weighted by atomic mass is 10.1. The Morgan fingerprint density at radius 1 is 1.36 bits per heavy atom. The second-order valence-corrected chi connectivity index (χ2v) is 6.55. The molecule has 3 heterocycles. The number of hydrogen-bond acceptors (Lipinski definition) is 6. The molecule has 1 N–H and O–H groups in total. The van der Waals surface area contributed by atoms with Gasteiger partial charge in [0.05, 0.1) is 17.6 Å². The summed E-state index contributed by atoms with van der Waals surface area (Å²) in [7, 11) is 2.03. The summed E-state index contributed by atoms with van der Waals surface area (Å²) in [5.41, 5.74) is 0.297. The molecular formula is C17H20FN5O2. The first-order valence-electron chi connectivity index (χ1n) is 8.43. The van der Waals surface area contributed by atoms with Crippen LogP contribution in [0.5, 0.6) is 0 Å². The van der Waals surface area contributed by atoms with Gasteiger partial charge < -0.3 is 14.7 Å². The minimum absolute atomic E-state index is 0.0611. The number of aromatic nitrogens is 2. The van der Waals surface area contributed by atoms with E-state index < -0.39 is 5.82 Å². The average Bonchev–Trinajstić information content (AvgIpc) is 3.23. The zero-order valence-electron chi connectivity index (χ0n) is 14.0. The fourth-order valence-electron chi connectivity index (χ4n) is 3.42. The highest BCUT2D eigenvalue weighted by Gasteiger charge is 2.37. The standard InChI is InChI=1S/C17H20FN5O2/c1-22-7-6-19-9-14(22)16-20-17(25-21-16)11-8-15(24)23(10-11)13-5-3-2-4-12(13)18/h2-5,11,14,19H,6-10H2,1H3. The van der Waals surface area contributed by atoms with Crippen molar-refractivity contribution < 1.29 is 13.7 Å². The second kappa shape index (κ2) is 6.53. The highest BCUT2D eigenvalue weighted by molar-refractivity contribution is 5.96. The van der Waals surface area contributed by atoms with E-state index in [4.69, 9.17) is 4.52 Å². The number of halogens is 1. The van der Waals surface area contributed by atoms with Gasteiger partial charge in [-0.3, -0.25) is 9.69 Å². The van der Waals surface area contributed by atoms with Crippen molar-refractivity contribution in [2.24, 2.45) is 0 Å². The summed E-state index contributed by atoms with van der Waals surface area (Å²) in [6.07, 6.45) is 0.245. The number of rotatable bonds is 3. The average molecular weight is 345 g/mol. The quantitative estimate of drug-likeness (QED) is 0.904. The molecule has 25 heavy (non-hydrogen) atoms. The molecule has 4 rings (SSSR count). The van der Waals surface area contributed by atoms with Gasteiger partial charge in [0.1, 0.15) is 5.82 Å². The van der Waals surface area contributed by atoms with E-state index in [0.717, 1.165) is 19.6 Å². The van der Waals surface area contributed by atoms with Crippen LogP contribution in [0.3, 0.4) is 0 Å². The predicted molar refractivity (Wildman–Crippen MR) is 88.6 cm³/mol. The van der Waals surface area contributed by atoms with Gasteiger partial charge in [0.25, 0.3) is 0 Å². The number of para-hydroxylation sites is 1.